The lowest BCUT2D eigenvalue weighted by Gasteiger charge is -2.05. The number of hydrogen-bond acceptors (Lipinski definition) is 4. The first-order valence-corrected chi connectivity index (χ1v) is 9.95. The number of carbonyl (C=O) groups excluding carboxylic acids is 1. The molecule has 2 aromatic carbocycles. The number of aromatic nitrogens is 1. The number of anilines is 1. The second-order valence-electron chi connectivity index (χ2n) is 6.14. The fourth-order valence-corrected chi connectivity index (χ4v) is 3.14. The summed E-state index contributed by atoms with van der Waals surface area (Å²) in [7, 11) is 0. The van der Waals surface area contributed by atoms with Crippen LogP contribution in [0.15, 0.2) is 60.0 Å². The maximum Gasteiger partial charge on any atom is 0.250 e. The van der Waals surface area contributed by atoms with E-state index >= 15 is 0 Å². The van der Waals surface area contributed by atoms with Gasteiger partial charge in [-0.1, -0.05) is 25.5 Å². The Balaban J connectivity index is 1.54. The fraction of sp³-hybridized carbons (Fsp3) is 0.182. The number of halogens is 1. The highest BCUT2D eigenvalue weighted by Crippen LogP contribution is 2.25. The molecule has 1 heterocycles. The summed E-state index contributed by atoms with van der Waals surface area (Å²) in [5, 5.41) is 5.06. The Kier molecular flexibility index (Phi) is 6.92. The Morgan fingerprint density at radius 1 is 1.18 bits per heavy atom. The van der Waals surface area contributed by atoms with Crippen LogP contribution in [0, 0.1) is 5.82 Å². The molecule has 3 rings (SSSR count). The minimum absolute atomic E-state index is 0.261. The quantitative estimate of drug-likeness (QED) is 0.388. The van der Waals surface area contributed by atoms with Crippen LogP contribution in [-0.2, 0) is 4.79 Å². The predicted molar refractivity (Wildman–Crippen MR) is 112 cm³/mol. The number of amides is 1. The number of thiazole rings is 1. The van der Waals surface area contributed by atoms with E-state index in [0.717, 1.165) is 29.7 Å². The summed E-state index contributed by atoms with van der Waals surface area (Å²) in [5.74, 6) is 0.271. The van der Waals surface area contributed by atoms with Crippen molar-refractivity contribution in [1.29, 1.82) is 0 Å². The summed E-state index contributed by atoms with van der Waals surface area (Å²) in [5.41, 5.74) is 2.40. The smallest absolute Gasteiger partial charge is 0.250 e. The molecule has 0 spiro atoms. The van der Waals surface area contributed by atoms with E-state index in [0.29, 0.717) is 17.4 Å². The summed E-state index contributed by atoms with van der Waals surface area (Å²) in [6.07, 6.45) is 5.33. The van der Waals surface area contributed by atoms with Gasteiger partial charge in [-0.2, -0.15) is 0 Å². The molecule has 0 aliphatic heterocycles. The second-order valence-corrected chi connectivity index (χ2v) is 7.00. The lowest BCUT2D eigenvalue weighted by molar-refractivity contribution is -0.111. The first-order chi connectivity index (χ1) is 13.6. The number of nitrogens with zero attached hydrogens (tertiary/aromatic N) is 1. The number of unbranched alkanes of at least 4 members (excludes halogenated alkanes) is 1. The Hall–Kier alpha value is -2.99. The van der Waals surface area contributed by atoms with Crippen LogP contribution in [0.5, 0.6) is 5.75 Å². The Labute approximate surface area is 167 Å². The van der Waals surface area contributed by atoms with E-state index in [1.54, 1.807) is 18.2 Å². The highest BCUT2D eigenvalue weighted by Gasteiger charge is 2.06. The molecular weight excluding hydrogens is 375 g/mol. The number of ether oxygens (including phenoxy) is 1. The summed E-state index contributed by atoms with van der Waals surface area (Å²) >= 11 is 1.32. The maximum absolute atomic E-state index is 13.0. The van der Waals surface area contributed by atoms with Gasteiger partial charge in [0.25, 0.3) is 0 Å². The van der Waals surface area contributed by atoms with Crippen LogP contribution in [0.25, 0.3) is 17.3 Å². The highest BCUT2D eigenvalue weighted by atomic mass is 32.1. The van der Waals surface area contributed by atoms with E-state index < -0.39 is 0 Å². The van der Waals surface area contributed by atoms with Gasteiger partial charge in [-0.3, -0.25) is 10.1 Å². The molecule has 0 aliphatic carbocycles. The molecule has 0 aliphatic rings. The zero-order chi connectivity index (χ0) is 19.8. The molecule has 0 unspecified atom stereocenters. The number of rotatable bonds is 8. The first-order valence-electron chi connectivity index (χ1n) is 9.07. The molecule has 0 radical (unpaired) electrons. The summed E-state index contributed by atoms with van der Waals surface area (Å²) in [6.45, 7) is 2.83. The minimum atomic E-state index is -0.293. The molecule has 1 aromatic heterocycles. The van der Waals surface area contributed by atoms with Crippen molar-refractivity contribution in [3.8, 4) is 17.0 Å². The lowest BCUT2D eigenvalue weighted by Crippen LogP contribution is -2.07. The zero-order valence-electron chi connectivity index (χ0n) is 15.5. The van der Waals surface area contributed by atoms with Crippen LogP contribution in [0.2, 0.25) is 0 Å². The van der Waals surface area contributed by atoms with E-state index in [-0.39, 0.29) is 11.7 Å². The van der Waals surface area contributed by atoms with Gasteiger partial charge in [0.05, 0.1) is 12.3 Å². The van der Waals surface area contributed by atoms with Crippen molar-refractivity contribution in [2.24, 2.45) is 0 Å². The van der Waals surface area contributed by atoms with E-state index in [1.807, 2.05) is 29.6 Å². The minimum Gasteiger partial charge on any atom is -0.494 e. The molecule has 0 saturated carbocycles. The Morgan fingerprint density at radius 2 is 1.93 bits per heavy atom. The van der Waals surface area contributed by atoms with Gasteiger partial charge in [-0.15, -0.1) is 11.3 Å². The number of nitrogens with one attached hydrogen (secondary N) is 1. The van der Waals surface area contributed by atoms with E-state index in [2.05, 4.69) is 17.2 Å². The molecule has 28 heavy (non-hydrogen) atoms. The van der Waals surface area contributed by atoms with Crippen molar-refractivity contribution in [1.82, 2.24) is 4.98 Å². The van der Waals surface area contributed by atoms with Crippen LogP contribution in [0.1, 0.15) is 25.3 Å². The van der Waals surface area contributed by atoms with Crippen molar-refractivity contribution in [2.75, 3.05) is 11.9 Å². The van der Waals surface area contributed by atoms with Crippen LogP contribution in [-0.4, -0.2) is 17.5 Å². The van der Waals surface area contributed by atoms with Gasteiger partial charge in [0.1, 0.15) is 11.6 Å². The molecule has 0 fully saturated rings. The Morgan fingerprint density at radius 3 is 2.64 bits per heavy atom. The van der Waals surface area contributed by atoms with E-state index in [9.17, 15) is 9.18 Å². The van der Waals surface area contributed by atoms with Gasteiger partial charge in [0.15, 0.2) is 5.13 Å². The van der Waals surface area contributed by atoms with Crippen LogP contribution < -0.4 is 10.1 Å². The summed E-state index contributed by atoms with van der Waals surface area (Å²) in [6, 6.07) is 13.7. The van der Waals surface area contributed by atoms with Crippen molar-refractivity contribution in [3.63, 3.8) is 0 Å². The highest BCUT2D eigenvalue weighted by molar-refractivity contribution is 7.14. The average Bonchev–Trinajstić information content (AvgIpc) is 3.16. The molecule has 3 aromatic rings. The Bertz CT molecular complexity index is 934. The van der Waals surface area contributed by atoms with Crippen molar-refractivity contribution in [2.45, 2.75) is 19.8 Å². The second kappa shape index (κ2) is 9.80. The fourth-order valence-electron chi connectivity index (χ4n) is 2.41. The van der Waals surface area contributed by atoms with Gasteiger partial charge in [-0.25, -0.2) is 9.37 Å². The van der Waals surface area contributed by atoms with Crippen LogP contribution in [0.3, 0.4) is 0 Å². The molecular formula is C22H21FN2O2S. The third kappa shape index (κ3) is 5.76. The van der Waals surface area contributed by atoms with E-state index in [4.69, 9.17) is 4.74 Å². The molecule has 1 amide bonds. The predicted octanol–water partition coefficient (Wildman–Crippen LogP) is 5.78. The summed E-state index contributed by atoms with van der Waals surface area (Å²) in [4.78, 5) is 16.5. The normalized spacial score (nSPS) is 10.9. The largest absolute Gasteiger partial charge is 0.494 e. The topological polar surface area (TPSA) is 51.2 Å². The number of carbonyl (C=O) groups is 1. The van der Waals surface area contributed by atoms with Gasteiger partial charge >= 0.3 is 0 Å². The molecule has 0 atom stereocenters. The first kappa shape index (κ1) is 19.8. The van der Waals surface area contributed by atoms with Crippen molar-refractivity contribution in [3.05, 3.63) is 71.4 Å². The molecule has 144 valence electrons. The van der Waals surface area contributed by atoms with Gasteiger partial charge in [0.2, 0.25) is 5.91 Å². The zero-order valence-corrected chi connectivity index (χ0v) is 16.3. The van der Waals surface area contributed by atoms with Gasteiger partial charge in [0, 0.05) is 17.0 Å². The number of hydrogen-bond donors (Lipinski definition) is 1. The molecule has 6 heteroatoms. The van der Waals surface area contributed by atoms with Crippen molar-refractivity contribution < 1.29 is 13.9 Å². The van der Waals surface area contributed by atoms with Crippen molar-refractivity contribution >= 4 is 28.5 Å². The van der Waals surface area contributed by atoms with Crippen LogP contribution >= 0.6 is 11.3 Å². The van der Waals surface area contributed by atoms with Gasteiger partial charge < -0.3 is 4.74 Å². The molecule has 1 N–H and O–H groups in total. The SMILES string of the molecule is CCCCOc1ccc(C=CC(=O)Nc2nc(-c3ccc(F)cc3)cs2)cc1. The van der Waals surface area contributed by atoms with Gasteiger partial charge in [-0.05, 0) is 54.5 Å². The third-order valence-electron chi connectivity index (χ3n) is 3.95. The van der Waals surface area contributed by atoms with Crippen LogP contribution in [0.4, 0.5) is 9.52 Å². The average molecular weight is 396 g/mol. The molecule has 0 bridgehead atoms. The standard InChI is InChI=1S/C22H21FN2O2S/c1-2-3-14-27-19-11-4-16(5-12-19)6-13-21(26)25-22-24-20(15-28-22)17-7-9-18(23)10-8-17/h4-13,15H,2-3,14H2,1H3,(H,24,25,26). The molecule has 4 nitrogen and oxygen atoms in total. The maximum atomic E-state index is 13.0. The third-order valence-corrected chi connectivity index (χ3v) is 4.71. The van der Waals surface area contributed by atoms with E-state index in [1.165, 1.54) is 29.5 Å². The number of benzene rings is 2. The molecule has 0 saturated heterocycles. The summed E-state index contributed by atoms with van der Waals surface area (Å²) < 4.78 is 18.6. The lowest BCUT2D eigenvalue weighted by atomic mass is 10.2. The monoisotopic (exact) mass is 396 g/mol.